The molecule has 0 aliphatic heterocycles. The quantitative estimate of drug-likeness (QED) is 0.558. The number of carboxylic acids is 1. The number of hydrogen-bond acceptors (Lipinski definition) is 5. The lowest BCUT2D eigenvalue weighted by molar-refractivity contribution is -0.137. The number of aliphatic carboxylic acids is 1. The van der Waals surface area contributed by atoms with Crippen LogP contribution in [0, 0.1) is 0 Å². The number of carbonyl (C=O) groups is 1. The van der Waals surface area contributed by atoms with Crippen LogP contribution in [0.15, 0.2) is 0 Å². The molecule has 6 heteroatoms. The Kier molecular flexibility index (Phi) is 8.97. The summed E-state index contributed by atoms with van der Waals surface area (Å²) >= 11 is 0. The fraction of sp³-hybridized carbons (Fsp3) is 0.909. The average molecular weight is 249 g/mol. The van der Waals surface area contributed by atoms with E-state index in [1.165, 1.54) is 0 Å². The van der Waals surface area contributed by atoms with Gasteiger partial charge in [-0.2, -0.15) is 0 Å². The van der Waals surface area contributed by atoms with Crippen molar-refractivity contribution in [3.05, 3.63) is 0 Å². The molecule has 0 aliphatic carbocycles. The Morgan fingerprint density at radius 1 is 1.41 bits per heavy atom. The van der Waals surface area contributed by atoms with Gasteiger partial charge in [-0.25, -0.2) is 0 Å². The summed E-state index contributed by atoms with van der Waals surface area (Å²) in [6.07, 6.45) is -0.600. The van der Waals surface area contributed by atoms with E-state index < -0.39 is 12.1 Å². The lowest BCUT2D eigenvalue weighted by atomic mass is 10.3. The SMILES string of the molecule is COCC(C)OCC(O)CN(C)CCC(=O)O. The highest BCUT2D eigenvalue weighted by Crippen LogP contribution is 1.97. The Morgan fingerprint density at radius 2 is 2.06 bits per heavy atom. The molecule has 2 atom stereocenters. The van der Waals surface area contributed by atoms with Gasteiger partial charge in [0.25, 0.3) is 0 Å². The van der Waals surface area contributed by atoms with Crippen molar-refractivity contribution >= 4 is 5.97 Å². The number of ether oxygens (including phenoxy) is 2. The van der Waals surface area contributed by atoms with Gasteiger partial charge in [0.2, 0.25) is 0 Å². The third-order valence-corrected chi connectivity index (χ3v) is 2.20. The number of carboxylic acid groups (broad SMARTS) is 1. The van der Waals surface area contributed by atoms with E-state index in [2.05, 4.69) is 0 Å². The fourth-order valence-electron chi connectivity index (χ4n) is 1.35. The lowest BCUT2D eigenvalue weighted by Gasteiger charge is -2.21. The molecule has 0 heterocycles. The molecule has 0 rings (SSSR count). The van der Waals surface area contributed by atoms with Crippen LogP contribution in [0.5, 0.6) is 0 Å². The normalized spacial score (nSPS) is 14.9. The van der Waals surface area contributed by atoms with Crippen LogP contribution in [-0.4, -0.2) is 73.8 Å². The molecule has 0 aromatic rings. The second-order valence-corrected chi connectivity index (χ2v) is 4.16. The number of aliphatic hydroxyl groups is 1. The summed E-state index contributed by atoms with van der Waals surface area (Å²) in [4.78, 5) is 12.1. The standard InChI is InChI=1S/C11H23NO5/c1-9(7-16-3)17-8-10(13)6-12(2)5-4-11(14)15/h9-10,13H,4-8H2,1-3H3,(H,14,15). The first-order valence-corrected chi connectivity index (χ1v) is 5.64. The molecular formula is C11H23NO5. The monoisotopic (exact) mass is 249 g/mol. The van der Waals surface area contributed by atoms with Gasteiger partial charge in [-0.1, -0.05) is 0 Å². The van der Waals surface area contributed by atoms with Gasteiger partial charge >= 0.3 is 5.97 Å². The number of aliphatic hydroxyl groups excluding tert-OH is 1. The smallest absolute Gasteiger partial charge is 0.304 e. The van der Waals surface area contributed by atoms with E-state index in [4.69, 9.17) is 14.6 Å². The minimum Gasteiger partial charge on any atom is -0.481 e. The molecule has 0 fully saturated rings. The van der Waals surface area contributed by atoms with E-state index >= 15 is 0 Å². The lowest BCUT2D eigenvalue weighted by Crippen LogP contribution is -2.34. The minimum absolute atomic E-state index is 0.0565. The Morgan fingerprint density at radius 3 is 2.59 bits per heavy atom. The molecule has 0 amide bonds. The van der Waals surface area contributed by atoms with Crippen molar-refractivity contribution in [2.75, 3.05) is 40.5 Å². The maximum atomic E-state index is 10.3. The van der Waals surface area contributed by atoms with Gasteiger partial charge in [0, 0.05) is 20.2 Å². The Labute approximate surface area is 102 Å². The van der Waals surface area contributed by atoms with E-state index in [1.54, 1.807) is 19.1 Å². The first-order chi connectivity index (χ1) is 7.95. The predicted octanol–water partition coefficient (Wildman–Crippen LogP) is -0.195. The van der Waals surface area contributed by atoms with Crippen LogP contribution in [0.3, 0.4) is 0 Å². The van der Waals surface area contributed by atoms with Crippen LogP contribution in [0.1, 0.15) is 13.3 Å². The zero-order chi connectivity index (χ0) is 13.3. The molecule has 0 radical (unpaired) electrons. The van der Waals surface area contributed by atoms with Gasteiger partial charge in [-0.05, 0) is 14.0 Å². The fourth-order valence-corrected chi connectivity index (χ4v) is 1.35. The maximum Gasteiger partial charge on any atom is 0.304 e. The number of rotatable bonds is 10. The van der Waals surface area contributed by atoms with Crippen molar-refractivity contribution in [3.63, 3.8) is 0 Å². The highest BCUT2D eigenvalue weighted by molar-refractivity contribution is 5.66. The van der Waals surface area contributed by atoms with E-state index in [0.717, 1.165) is 0 Å². The second kappa shape index (κ2) is 9.35. The summed E-state index contributed by atoms with van der Waals surface area (Å²) in [7, 11) is 3.36. The summed E-state index contributed by atoms with van der Waals surface area (Å²) < 4.78 is 10.3. The first kappa shape index (κ1) is 16.3. The molecule has 0 aromatic heterocycles. The highest BCUT2D eigenvalue weighted by atomic mass is 16.5. The highest BCUT2D eigenvalue weighted by Gasteiger charge is 2.11. The van der Waals surface area contributed by atoms with Crippen molar-refractivity contribution in [1.29, 1.82) is 0 Å². The topological polar surface area (TPSA) is 79.2 Å². The van der Waals surface area contributed by atoms with Crippen LogP contribution >= 0.6 is 0 Å². The summed E-state index contributed by atoms with van der Waals surface area (Å²) in [5.74, 6) is -0.837. The van der Waals surface area contributed by atoms with Gasteiger partial charge < -0.3 is 24.6 Å². The number of methoxy groups -OCH3 is 1. The molecule has 0 aliphatic rings. The van der Waals surface area contributed by atoms with Crippen LogP contribution in [0.2, 0.25) is 0 Å². The zero-order valence-corrected chi connectivity index (χ0v) is 10.8. The maximum absolute atomic E-state index is 10.3. The summed E-state index contributed by atoms with van der Waals surface area (Å²) in [6.45, 7) is 3.39. The van der Waals surface area contributed by atoms with Crippen LogP contribution in [-0.2, 0) is 14.3 Å². The van der Waals surface area contributed by atoms with Crippen LogP contribution in [0.25, 0.3) is 0 Å². The Balaban J connectivity index is 3.62. The largest absolute Gasteiger partial charge is 0.481 e. The molecule has 0 saturated heterocycles. The van der Waals surface area contributed by atoms with E-state index in [9.17, 15) is 9.90 Å². The minimum atomic E-state index is -0.837. The van der Waals surface area contributed by atoms with Crippen molar-refractivity contribution in [3.8, 4) is 0 Å². The van der Waals surface area contributed by atoms with E-state index in [-0.39, 0.29) is 19.1 Å². The van der Waals surface area contributed by atoms with Gasteiger partial charge in [-0.15, -0.1) is 0 Å². The molecule has 2 N–H and O–H groups in total. The van der Waals surface area contributed by atoms with Crippen LogP contribution < -0.4 is 0 Å². The van der Waals surface area contributed by atoms with Crippen molar-refractivity contribution < 1.29 is 24.5 Å². The Hall–Kier alpha value is -0.690. The number of likely N-dealkylation sites (N-methyl/N-ethyl adjacent to an activating group) is 1. The molecule has 2 unspecified atom stereocenters. The average Bonchev–Trinajstić information content (AvgIpc) is 2.24. The van der Waals surface area contributed by atoms with Gasteiger partial charge in [0.05, 0.1) is 31.8 Å². The van der Waals surface area contributed by atoms with Gasteiger partial charge in [0.1, 0.15) is 0 Å². The Bertz CT molecular complexity index is 212. The molecule has 0 bridgehead atoms. The molecule has 0 aromatic carbocycles. The summed E-state index contributed by atoms with van der Waals surface area (Å²) in [6, 6.07) is 0. The molecule has 17 heavy (non-hydrogen) atoms. The number of hydrogen-bond donors (Lipinski definition) is 2. The zero-order valence-electron chi connectivity index (χ0n) is 10.8. The summed E-state index contributed by atoms with van der Waals surface area (Å²) in [5.41, 5.74) is 0. The van der Waals surface area contributed by atoms with Gasteiger partial charge in [-0.3, -0.25) is 4.79 Å². The second-order valence-electron chi connectivity index (χ2n) is 4.16. The van der Waals surface area contributed by atoms with E-state index in [0.29, 0.717) is 19.7 Å². The predicted molar refractivity (Wildman–Crippen MR) is 63.0 cm³/mol. The molecule has 102 valence electrons. The van der Waals surface area contributed by atoms with Crippen molar-refractivity contribution in [1.82, 2.24) is 4.90 Å². The molecular weight excluding hydrogens is 226 g/mol. The van der Waals surface area contributed by atoms with Crippen molar-refractivity contribution in [2.45, 2.75) is 25.6 Å². The molecule has 6 nitrogen and oxygen atoms in total. The number of nitrogens with zero attached hydrogens (tertiary/aromatic N) is 1. The molecule has 0 spiro atoms. The van der Waals surface area contributed by atoms with Crippen molar-refractivity contribution in [2.24, 2.45) is 0 Å². The summed E-state index contributed by atoms with van der Waals surface area (Å²) in [5, 5.41) is 18.2. The third-order valence-electron chi connectivity index (χ3n) is 2.20. The van der Waals surface area contributed by atoms with Gasteiger partial charge in [0.15, 0.2) is 0 Å². The third kappa shape index (κ3) is 10.2. The van der Waals surface area contributed by atoms with E-state index in [1.807, 2.05) is 6.92 Å². The molecule has 0 saturated carbocycles. The van der Waals surface area contributed by atoms with Crippen LogP contribution in [0.4, 0.5) is 0 Å². The first-order valence-electron chi connectivity index (χ1n) is 5.64.